The van der Waals surface area contributed by atoms with Gasteiger partial charge in [0.1, 0.15) is 0 Å². The van der Waals surface area contributed by atoms with E-state index in [2.05, 4.69) is 20.4 Å². The number of aromatic nitrogens is 2. The Kier molecular flexibility index (Phi) is 4.87. The molecule has 0 spiro atoms. The lowest BCUT2D eigenvalue weighted by atomic mass is 10.1. The number of rotatable bonds is 3. The third-order valence-corrected chi connectivity index (χ3v) is 4.05. The molecule has 0 aliphatic carbocycles. The summed E-state index contributed by atoms with van der Waals surface area (Å²) < 4.78 is 37.6. The molecule has 0 radical (unpaired) electrons. The lowest BCUT2D eigenvalue weighted by Gasteiger charge is -2.27. The van der Waals surface area contributed by atoms with Crippen molar-refractivity contribution in [3.8, 4) is 0 Å². The molecule has 1 aromatic heterocycles. The van der Waals surface area contributed by atoms with Gasteiger partial charge in [-0.05, 0) is 55.7 Å². The van der Waals surface area contributed by atoms with Crippen LogP contribution in [0.5, 0.6) is 0 Å². The van der Waals surface area contributed by atoms with Gasteiger partial charge >= 0.3 is 6.18 Å². The largest absolute Gasteiger partial charge is 0.416 e. The molecule has 132 valence electrons. The Morgan fingerprint density at radius 1 is 0.960 bits per heavy atom. The first kappa shape index (κ1) is 17.2. The smallest absolute Gasteiger partial charge is 0.355 e. The SMILES string of the molecule is O=C(Nc1ccc(N2CCCCC2)nn1)c1ccc(C(F)(F)F)cc1. The first-order chi connectivity index (χ1) is 11.9. The molecule has 3 rings (SSSR count). The second kappa shape index (κ2) is 7.08. The zero-order valence-corrected chi connectivity index (χ0v) is 13.4. The Bertz CT molecular complexity index is 723. The minimum atomic E-state index is -4.43. The Morgan fingerprint density at radius 3 is 2.20 bits per heavy atom. The molecule has 8 heteroatoms. The zero-order valence-electron chi connectivity index (χ0n) is 13.4. The van der Waals surface area contributed by atoms with E-state index < -0.39 is 17.6 Å². The molecule has 0 atom stereocenters. The van der Waals surface area contributed by atoms with E-state index in [1.165, 1.54) is 6.42 Å². The fourth-order valence-corrected chi connectivity index (χ4v) is 2.68. The van der Waals surface area contributed by atoms with E-state index in [0.717, 1.165) is 56.0 Å². The summed E-state index contributed by atoms with van der Waals surface area (Å²) in [6.07, 6.45) is -0.974. The summed E-state index contributed by atoms with van der Waals surface area (Å²) in [6.45, 7) is 1.87. The standard InChI is InChI=1S/C17H17F3N4O/c18-17(19,20)13-6-4-12(5-7-13)16(25)21-14-8-9-15(23-22-14)24-10-2-1-3-11-24/h4-9H,1-3,10-11H2,(H,21,22,25). The maximum Gasteiger partial charge on any atom is 0.416 e. The van der Waals surface area contributed by atoms with Crippen LogP contribution in [-0.4, -0.2) is 29.2 Å². The van der Waals surface area contributed by atoms with Gasteiger partial charge in [0, 0.05) is 18.7 Å². The van der Waals surface area contributed by atoms with E-state index in [1.54, 1.807) is 12.1 Å². The van der Waals surface area contributed by atoms with Crippen LogP contribution in [0.4, 0.5) is 24.8 Å². The number of benzene rings is 1. The second-order valence-electron chi connectivity index (χ2n) is 5.85. The molecule has 1 N–H and O–H groups in total. The van der Waals surface area contributed by atoms with Gasteiger partial charge in [0.15, 0.2) is 11.6 Å². The van der Waals surface area contributed by atoms with E-state index in [4.69, 9.17) is 0 Å². The monoisotopic (exact) mass is 350 g/mol. The number of amides is 1. The average molecular weight is 350 g/mol. The van der Waals surface area contributed by atoms with Crippen molar-refractivity contribution in [2.75, 3.05) is 23.3 Å². The third kappa shape index (κ3) is 4.26. The minimum absolute atomic E-state index is 0.120. The van der Waals surface area contributed by atoms with Gasteiger partial charge in [-0.3, -0.25) is 4.79 Å². The summed E-state index contributed by atoms with van der Waals surface area (Å²) in [5.74, 6) is 0.478. The van der Waals surface area contributed by atoms with Gasteiger partial charge in [0.2, 0.25) is 0 Å². The van der Waals surface area contributed by atoms with Crippen LogP contribution in [0, 0.1) is 0 Å². The first-order valence-corrected chi connectivity index (χ1v) is 8.01. The predicted molar refractivity (Wildman–Crippen MR) is 87.5 cm³/mol. The van der Waals surface area contributed by atoms with Crippen LogP contribution < -0.4 is 10.2 Å². The molecule has 0 saturated carbocycles. The third-order valence-electron chi connectivity index (χ3n) is 4.05. The summed E-state index contributed by atoms with van der Waals surface area (Å²) >= 11 is 0. The van der Waals surface area contributed by atoms with Crippen LogP contribution in [-0.2, 0) is 6.18 Å². The molecule has 1 aliphatic heterocycles. The minimum Gasteiger partial charge on any atom is -0.355 e. The van der Waals surface area contributed by atoms with Crippen molar-refractivity contribution in [1.29, 1.82) is 0 Å². The van der Waals surface area contributed by atoms with Crippen molar-refractivity contribution in [2.45, 2.75) is 25.4 Å². The number of halogens is 3. The van der Waals surface area contributed by atoms with Gasteiger partial charge in [-0.2, -0.15) is 13.2 Å². The van der Waals surface area contributed by atoms with E-state index in [0.29, 0.717) is 0 Å². The molecule has 0 unspecified atom stereocenters. The number of alkyl halides is 3. The number of hydrogen-bond acceptors (Lipinski definition) is 4. The van der Waals surface area contributed by atoms with Gasteiger partial charge in [-0.1, -0.05) is 0 Å². The number of nitrogens with one attached hydrogen (secondary N) is 1. The molecule has 1 amide bonds. The van der Waals surface area contributed by atoms with Gasteiger partial charge in [-0.15, -0.1) is 10.2 Å². The highest BCUT2D eigenvalue weighted by molar-refractivity contribution is 6.03. The van der Waals surface area contributed by atoms with Gasteiger partial charge < -0.3 is 10.2 Å². The van der Waals surface area contributed by atoms with Gasteiger partial charge in [-0.25, -0.2) is 0 Å². The fourth-order valence-electron chi connectivity index (χ4n) is 2.68. The lowest BCUT2D eigenvalue weighted by Crippen LogP contribution is -2.30. The Labute approximate surface area is 142 Å². The number of carbonyl (C=O) groups excluding carboxylic acids is 1. The number of hydrogen-bond donors (Lipinski definition) is 1. The molecule has 2 heterocycles. The summed E-state index contributed by atoms with van der Waals surface area (Å²) in [5.41, 5.74) is -0.676. The van der Waals surface area contributed by atoms with Crippen LogP contribution in [0.15, 0.2) is 36.4 Å². The van der Waals surface area contributed by atoms with Crippen molar-refractivity contribution in [3.05, 3.63) is 47.5 Å². The number of piperidine rings is 1. The van der Waals surface area contributed by atoms with Crippen molar-refractivity contribution in [3.63, 3.8) is 0 Å². The molecule has 5 nitrogen and oxygen atoms in total. The summed E-state index contributed by atoms with van der Waals surface area (Å²) in [4.78, 5) is 14.2. The highest BCUT2D eigenvalue weighted by Gasteiger charge is 2.30. The van der Waals surface area contributed by atoms with Crippen LogP contribution in [0.1, 0.15) is 35.2 Å². The van der Waals surface area contributed by atoms with Crippen molar-refractivity contribution in [2.24, 2.45) is 0 Å². The fraction of sp³-hybridized carbons (Fsp3) is 0.353. The summed E-state index contributed by atoms with van der Waals surface area (Å²) in [5, 5.41) is 10.6. The maximum atomic E-state index is 12.5. The molecule has 1 aromatic carbocycles. The molecule has 0 bridgehead atoms. The molecular formula is C17H17F3N4O. The summed E-state index contributed by atoms with van der Waals surface area (Å²) in [6, 6.07) is 7.43. The lowest BCUT2D eigenvalue weighted by molar-refractivity contribution is -0.137. The van der Waals surface area contributed by atoms with E-state index in [1.807, 2.05) is 0 Å². The normalized spacial score (nSPS) is 15.1. The average Bonchev–Trinajstić information content (AvgIpc) is 2.62. The van der Waals surface area contributed by atoms with E-state index in [9.17, 15) is 18.0 Å². The Morgan fingerprint density at radius 2 is 1.64 bits per heavy atom. The first-order valence-electron chi connectivity index (χ1n) is 8.01. The van der Waals surface area contributed by atoms with Crippen LogP contribution in [0.25, 0.3) is 0 Å². The van der Waals surface area contributed by atoms with Gasteiger partial charge in [0.05, 0.1) is 5.56 Å². The quantitative estimate of drug-likeness (QED) is 0.916. The van der Waals surface area contributed by atoms with Crippen LogP contribution in [0.3, 0.4) is 0 Å². The van der Waals surface area contributed by atoms with Crippen LogP contribution >= 0.6 is 0 Å². The predicted octanol–water partition coefficient (Wildman–Crippen LogP) is 3.74. The Hall–Kier alpha value is -2.64. The summed E-state index contributed by atoms with van der Waals surface area (Å²) in [7, 11) is 0. The highest BCUT2D eigenvalue weighted by atomic mass is 19.4. The Balaban J connectivity index is 1.64. The van der Waals surface area contributed by atoms with Crippen molar-refractivity contribution < 1.29 is 18.0 Å². The van der Waals surface area contributed by atoms with E-state index in [-0.39, 0.29) is 11.4 Å². The number of carbonyl (C=O) groups is 1. The highest BCUT2D eigenvalue weighted by Crippen LogP contribution is 2.29. The molecule has 1 aliphatic rings. The van der Waals surface area contributed by atoms with Crippen molar-refractivity contribution >= 4 is 17.5 Å². The molecule has 25 heavy (non-hydrogen) atoms. The number of nitrogens with zero attached hydrogens (tertiary/aromatic N) is 3. The number of anilines is 2. The second-order valence-corrected chi connectivity index (χ2v) is 5.85. The molecular weight excluding hydrogens is 333 g/mol. The molecule has 1 fully saturated rings. The zero-order chi connectivity index (χ0) is 17.9. The topological polar surface area (TPSA) is 58.1 Å². The van der Waals surface area contributed by atoms with Crippen molar-refractivity contribution in [1.82, 2.24) is 10.2 Å². The maximum absolute atomic E-state index is 12.5. The van der Waals surface area contributed by atoms with Gasteiger partial charge in [0.25, 0.3) is 5.91 Å². The molecule has 2 aromatic rings. The van der Waals surface area contributed by atoms with E-state index >= 15 is 0 Å². The molecule has 1 saturated heterocycles. The van der Waals surface area contributed by atoms with Crippen LogP contribution in [0.2, 0.25) is 0 Å².